The molecule has 0 unspecified atom stereocenters. The Hall–Kier alpha value is -2.11. The molecule has 3 aromatic rings. The van der Waals surface area contributed by atoms with Crippen LogP contribution in [0.4, 0.5) is 0 Å². The van der Waals surface area contributed by atoms with Gasteiger partial charge in [0.2, 0.25) is 4.80 Å². The van der Waals surface area contributed by atoms with Crippen molar-refractivity contribution in [1.82, 2.24) is 8.94 Å². The van der Waals surface area contributed by atoms with Crippen LogP contribution in [0.3, 0.4) is 0 Å². The van der Waals surface area contributed by atoms with Crippen LogP contribution in [-0.2, 0) is 0 Å². The van der Waals surface area contributed by atoms with E-state index in [1.807, 2.05) is 58.6 Å². The maximum Gasteiger partial charge on any atom is 0.220 e. The number of aromatic nitrogens is 2. The Morgan fingerprint density at radius 1 is 1.05 bits per heavy atom. The molecule has 21 heavy (non-hydrogen) atoms. The molecule has 6 heteroatoms. The monoisotopic (exact) mass is 319 g/mol. The summed E-state index contributed by atoms with van der Waals surface area (Å²) in [4.78, 5) is 4.61. The van der Waals surface area contributed by atoms with Gasteiger partial charge in [0, 0.05) is 5.56 Å². The number of methoxy groups -OCH3 is 1. The summed E-state index contributed by atoms with van der Waals surface area (Å²) in [7, 11) is 1.64. The number of para-hydroxylation sites is 1. The summed E-state index contributed by atoms with van der Waals surface area (Å²) < 4.78 is 7.13. The van der Waals surface area contributed by atoms with E-state index >= 15 is 0 Å². The van der Waals surface area contributed by atoms with Gasteiger partial charge >= 0.3 is 0 Å². The Bertz CT molecular complexity index is 766. The summed E-state index contributed by atoms with van der Waals surface area (Å²) in [6, 6.07) is 17.6. The first-order chi connectivity index (χ1) is 9.78. The van der Waals surface area contributed by atoms with Crippen LogP contribution in [0, 0.1) is 5.41 Å². The minimum Gasteiger partial charge on any atom is -0.497 e. The average Bonchev–Trinajstić information content (AvgIpc) is 2.90. The van der Waals surface area contributed by atoms with Gasteiger partial charge in [-0.3, -0.25) is 5.41 Å². The molecule has 2 aromatic carbocycles. The smallest absolute Gasteiger partial charge is 0.220 e. The molecule has 0 amide bonds. The highest BCUT2D eigenvalue weighted by atomic mass is 35.5. The topological polar surface area (TPSA) is 50.9 Å². The molecule has 0 fully saturated rings. The molecule has 1 N–H and O–H groups in total. The average molecular weight is 320 g/mol. The molecule has 0 radical (unpaired) electrons. The van der Waals surface area contributed by atoms with Crippen molar-refractivity contribution in [3.8, 4) is 22.8 Å². The van der Waals surface area contributed by atoms with Crippen molar-refractivity contribution in [3.63, 3.8) is 0 Å². The van der Waals surface area contributed by atoms with Gasteiger partial charge in [-0.25, -0.2) is 3.96 Å². The molecule has 0 bridgehead atoms. The van der Waals surface area contributed by atoms with Crippen molar-refractivity contribution in [1.29, 1.82) is 5.41 Å². The Morgan fingerprint density at radius 2 is 1.71 bits per heavy atom. The lowest BCUT2D eigenvalue weighted by Gasteiger charge is -2.06. The van der Waals surface area contributed by atoms with Crippen molar-refractivity contribution in [2.24, 2.45) is 0 Å². The lowest BCUT2D eigenvalue weighted by atomic mass is 10.2. The van der Waals surface area contributed by atoms with Gasteiger partial charge in [-0.1, -0.05) is 18.2 Å². The van der Waals surface area contributed by atoms with Crippen LogP contribution in [0.5, 0.6) is 5.75 Å². The van der Waals surface area contributed by atoms with Crippen LogP contribution in [0.25, 0.3) is 17.1 Å². The molecule has 0 atom stereocenters. The van der Waals surface area contributed by atoms with E-state index in [9.17, 15) is 0 Å². The van der Waals surface area contributed by atoms with Gasteiger partial charge in [0.1, 0.15) is 5.75 Å². The minimum absolute atomic E-state index is 0. The first-order valence-corrected chi connectivity index (χ1v) is 6.90. The third-order valence-corrected chi connectivity index (χ3v) is 3.75. The zero-order valence-corrected chi connectivity index (χ0v) is 12.9. The van der Waals surface area contributed by atoms with E-state index in [1.165, 1.54) is 11.5 Å². The summed E-state index contributed by atoms with van der Waals surface area (Å²) in [5.74, 6) is 1.58. The fourth-order valence-electron chi connectivity index (χ4n) is 1.95. The van der Waals surface area contributed by atoms with Gasteiger partial charge < -0.3 is 4.74 Å². The molecule has 0 spiro atoms. The standard InChI is InChI=1S/C15H13N3OS.ClH/c1-19-13-9-7-11(8-10-13)14-17-15(16)20-18(14)12-5-3-2-4-6-12;/h2-10,16H,1H3;1H. The highest BCUT2D eigenvalue weighted by molar-refractivity contribution is 7.04. The normalized spacial score (nSPS) is 9.95. The summed E-state index contributed by atoms with van der Waals surface area (Å²) >= 11 is 1.31. The summed E-state index contributed by atoms with van der Waals surface area (Å²) in [6.45, 7) is 0. The predicted molar refractivity (Wildman–Crippen MR) is 86.5 cm³/mol. The van der Waals surface area contributed by atoms with E-state index in [-0.39, 0.29) is 12.4 Å². The van der Waals surface area contributed by atoms with Gasteiger partial charge in [0.25, 0.3) is 0 Å². The summed E-state index contributed by atoms with van der Waals surface area (Å²) in [5.41, 5.74) is 1.97. The highest BCUT2D eigenvalue weighted by Crippen LogP contribution is 2.24. The van der Waals surface area contributed by atoms with Crippen LogP contribution in [0.1, 0.15) is 0 Å². The molecule has 0 aliphatic rings. The Labute approximate surface area is 132 Å². The van der Waals surface area contributed by atoms with E-state index in [1.54, 1.807) is 7.11 Å². The van der Waals surface area contributed by atoms with Crippen molar-refractivity contribution < 1.29 is 4.74 Å². The fraction of sp³-hybridized carbons (Fsp3) is 0.0667. The number of rotatable bonds is 3. The number of benzene rings is 2. The molecular weight excluding hydrogens is 306 g/mol. The van der Waals surface area contributed by atoms with E-state index in [0.29, 0.717) is 4.80 Å². The molecule has 4 nitrogen and oxygen atoms in total. The first-order valence-electron chi connectivity index (χ1n) is 6.13. The number of nitrogens with zero attached hydrogens (tertiary/aromatic N) is 2. The highest BCUT2D eigenvalue weighted by Gasteiger charge is 2.10. The molecule has 108 valence electrons. The maximum absolute atomic E-state index is 7.80. The van der Waals surface area contributed by atoms with E-state index in [4.69, 9.17) is 10.1 Å². The summed E-state index contributed by atoms with van der Waals surface area (Å²) in [6.07, 6.45) is 0. The Balaban J connectivity index is 0.00000161. The van der Waals surface area contributed by atoms with Crippen molar-refractivity contribution in [3.05, 3.63) is 59.4 Å². The molecule has 0 saturated carbocycles. The molecule has 3 rings (SSSR count). The largest absolute Gasteiger partial charge is 0.497 e. The van der Waals surface area contributed by atoms with E-state index < -0.39 is 0 Å². The zero-order valence-electron chi connectivity index (χ0n) is 11.3. The van der Waals surface area contributed by atoms with Crippen LogP contribution < -0.4 is 9.54 Å². The fourth-order valence-corrected chi connectivity index (χ4v) is 2.71. The van der Waals surface area contributed by atoms with Gasteiger partial charge in [0.05, 0.1) is 12.8 Å². The number of hydrogen-bond acceptors (Lipinski definition) is 4. The van der Waals surface area contributed by atoms with Gasteiger partial charge in [0.15, 0.2) is 5.82 Å². The molecular formula is C15H14ClN3OS. The van der Waals surface area contributed by atoms with Crippen molar-refractivity contribution >= 4 is 23.9 Å². The van der Waals surface area contributed by atoms with Gasteiger partial charge in [-0.15, -0.1) is 12.4 Å². The predicted octanol–water partition coefficient (Wildman–Crippen LogP) is 3.51. The second-order valence-corrected chi connectivity index (χ2v) is 5.12. The molecule has 0 saturated heterocycles. The molecule has 1 heterocycles. The quantitative estimate of drug-likeness (QED) is 0.803. The Morgan fingerprint density at radius 3 is 2.33 bits per heavy atom. The molecule has 0 aliphatic heterocycles. The third kappa shape index (κ3) is 3.15. The lowest BCUT2D eigenvalue weighted by Crippen LogP contribution is -1.95. The van der Waals surface area contributed by atoms with Crippen LogP contribution in [-0.4, -0.2) is 16.1 Å². The zero-order chi connectivity index (χ0) is 13.9. The number of halogens is 1. The van der Waals surface area contributed by atoms with Crippen molar-refractivity contribution in [2.45, 2.75) is 0 Å². The maximum atomic E-state index is 7.80. The third-order valence-electron chi connectivity index (χ3n) is 2.92. The van der Waals surface area contributed by atoms with Crippen LogP contribution in [0.15, 0.2) is 54.6 Å². The summed E-state index contributed by atoms with van der Waals surface area (Å²) in [5, 5.41) is 7.80. The number of hydrogen-bond donors (Lipinski definition) is 1. The van der Waals surface area contributed by atoms with E-state index in [0.717, 1.165) is 22.8 Å². The lowest BCUT2D eigenvalue weighted by molar-refractivity contribution is 0.415. The second-order valence-electron chi connectivity index (χ2n) is 4.19. The Kier molecular flexibility index (Phi) is 4.77. The van der Waals surface area contributed by atoms with Gasteiger partial charge in [-0.05, 0) is 47.9 Å². The van der Waals surface area contributed by atoms with Crippen molar-refractivity contribution in [2.75, 3.05) is 7.11 Å². The SMILES string of the molecule is COc1ccc(-c2nc(=N)sn2-c2ccccc2)cc1.Cl. The van der Waals surface area contributed by atoms with Crippen LogP contribution >= 0.6 is 23.9 Å². The minimum atomic E-state index is 0. The first kappa shape index (κ1) is 15.3. The number of nitrogens with one attached hydrogen (secondary N) is 1. The second kappa shape index (κ2) is 6.56. The molecule has 1 aromatic heterocycles. The molecule has 0 aliphatic carbocycles. The van der Waals surface area contributed by atoms with Crippen LogP contribution in [0.2, 0.25) is 0 Å². The van der Waals surface area contributed by atoms with Gasteiger partial charge in [-0.2, -0.15) is 4.98 Å². The number of ether oxygens (including phenoxy) is 1. The van der Waals surface area contributed by atoms with E-state index in [2.05, 4.69) is 4.98 Å².